The average Bonchev–Trinajstić information content (AvgIpc) is 2.63. The third-order valence-corrected chi connectivity index (χ3v) is 3.65. The van der Waals surface area contributed by atoms with E-state index in [1.165, 1.54) is 7.11 Å². The smallest absolute Gasteiger partial charge is 0.253 e. The van der Waals surface area contributed by atoms with E-state index in [4.69, 9.17) is 10.5 Å². The number of hydrogen-bond donors (Lipinski definition) is 3. The summed E-state index contributed by atoms with van der Waals surface area (Å²) in [7, 11) is 1.47. The number of para-hydroxylation sites is 1. The Morgan fingerprint density at radius 2 is 1.76 bits per heavy atom. The van der Waals surface area contributed by atoms with Gasteiger partial charge in [-0.15, -0.1) is 0 Å². The Bertz CT molecular complexity index is 704. The van der Waals surface area contributed by atoms with Crippen LogP contribution >= 0.6 is 0 Å². The van der Waals surface area contributed by atoms with Gasteiger partial charge in [-0.1, -0.05) is 42.5 Å². The molecule has 0 bridgehead atoms. The molecule has 0 aliphatic rings. The quantitative estimate of drug-likeness (QED) is 0.679. The maximum absolute atomic E-state index is 12.4. The first-order chi connectivity index (χ1) is 12.1. The number of carbonyl (C=O) groups excluding carboxylic acids is 2. The maximum atomic E-state index is 12.4. The van der Waals surface area contributed by atoms with Gasteiger partial charge in [-0.05, 0) is 24.1 Å². The van der Waals surface area contributed by atoms with Gasteiger partial charge in [0, 0.05) is 13.7 Å². The van der Waals surface area contributed by atoms with Crippen LogP contribution in [0.15, 0.2) is 54.6 Å². The van der Waals surface area contributed by atoms with Crippen molar-refractivity contribution >= 4 is 17.5 Å². The second-order valence-electron chi connectivity index (χ2n) is 5.59. The Morgan fingerprint density at radius 3 is 2.48 bits per heavy atom. The van der Waals surface area contributed by atoms with Crippen molar-refractivity contribution in [1.29, 1.82) is 0 Å². The summed E-state index contributed by atoms with van der Waals surface area (Å²) in [5.41, 5.74) is 7.68. The number of benzene rings is 2. The van der Waals surface area contributed by atoms with Gasteiger partial charge in [-0.3, -0.25) is 9.59 Å². The van der Waals surface area contributed by atoms with E-state index in [-0.39, 0.29) is 12.5 Å². The van der Waals surface area contributed by atoms with Crippen molar-refractivity contribution in [2.45, 2.75) is 12.5 Å². The third kappa shape index (κ3) is 5.70. The number of methoxy groups -OCH3 is 1. The molecule has 25 heavy (non-hydrogen) atoms. The topological polar surface area (TPSA) is 93.4 Å². The van der Waals surface area contributed by atoms with Gasteiger partial charge in [-0.25, -0.2) is 0 Å². The average molecular weight is 341 g/mol. The number of nitrogens with two attached hydrogens (primary N) is 1. The normalized spacial score (nSPS) is 11.6. The summed E-state index contributed by atoms with van der Waals surface area (Å²) >= 11 is 0. The van der Waals surface area contributed by atoms with Crippen LogP contribution in [0.1, 0.15) is 15.9 Å². The molecule has 0 aromatic heterocycles. The van der Waals surface area contributed by atoms with Gasteiger partial charge >= 0.3 is 0 Å². The van der Waals surface area contributed by atoms with Crippen LogP contribution in [0, 0.1) is 0 Å². The first-order valence-corrected chi connectivity index (χ1v) is 8.08. The van der Waals surface area contributed by atoms with Crippen molar-refractivity contribution in [3.63, 3.8) is 0 Å². The van der Waals surface area contributed by atoms with E-state index in [1.54, 1.807) is 24.3 Å². The molecular weight excluding hydrogens is 318 g/mol. The molecule has 132 valence electrons. The predicted octanol–water partition coefficient (Wildman–Crippen LogP) is 1.57. The molecule has 2 aromatic rings. The fourth-order valence-corrected chi connectivity index (χ4v) is 2.33. The molecule has 2 aromatic carbocycles. The maximum Gasteiger partial charge on any atom is 0.253 e. The number of anilines is 1. The van der Waals surface area contributed by atoms with E-state index in [0.29, 0.717) is 17.8 Å². The molecule has 2 rings (SSSR count). The summed E-state index contributed by atoms with van der Waals surface area (Å²) < 4.78 is 4.87. The Kier molecular flexibility index (Phi) is 7.13. The van der Waals surface area contributed by atoms with E-state index in [9.17, 15) is 9.59 Å². The van der Waals surface area contributed by atoms with Gasteiger partial charge in [0.05, 0.1) is 17.9 Å². The standard InChI is InChI=1S/C19H23N3O3/c1-25-13-16(20)19(24)22-17-10-6-5-9-15(17)18(23)21-12-11-14-7-3-2-4-8-14/h2-10,16H,11-13,20H2,1H3,(H,21,23)(H,22,24). The first-order valence-electron chi connectivity index (χ1n) is 8.08. The van der Waals surface area contributed by atoms with Crippen molar-refractivity contribution in [1.82, 2.24) is 5.32 Å². The van der Waals surface area contributed by atoms with E-state index in [1.807, 2.05) is 30.3 Å². The van der Waals surface area contributed by atoms with E-state index >= 15 is 0 Å². The number of ether oxygens (including phenoxy) is 1. The number of nitrogens with one attached hydrogen (secondary N) is 2. The highest BCUT2D eigenvalue weighted by molar-refractivity contribution is 6.04. The van der Waals surface area contributed by atoms with E-state index < -0.39 is 11.9 Å². The molecule has 6 nitrogen and oxygen atoms in total. The molecule has 6 heteroatoms. The minimum atomic E-state index is -0.792. The molecule has 0 saturated carbocycles. The predicted molar refractivity (Wildman–Crippen MR) is 97.4 cm³/mol. The largest absolute Gasteiger partial charge is 0.383 e. The van der Waals surface area contributed by atoms with Gasteiger partial charge in [0.25, 0.3) is 5.91 Å². The summed E-state index contributed by atoms with van der Waals surface area (Å²) in [5.74, 6) is -0.640. The molecule has 4 N–H and O–H groups in total. The second kappa shape index (κ2) is 9.56. The SMILES string of the molecule is COCC(N)C(=O)Nc1ccccc1C(=O)NCCc1ccccc1. The highest BCUT2D eigenvalue weighted by Gasteiger charge is 2.17. The minimum Gasteiger partial charge on any atom is -0.383 e. The monoisotopic (exact) mass is 341 g/mol. The van der Waals surface area contributed by atoms with Gasteiger partial charge in [0.1, 0.15) is 6.04 Å². The lowest BCUT2D eigenvalue weighted by molar-refractivity contribution is -0.118. The van der Waals surface area contributed by atoms with Crippen LogP contribution in [0.3, 0.4) is 0 Å². The van der Waals surface area contributed by atoms with Gasteiger partial charge in [-0.2, -0.15) is 0 Å². The van der Waals surface area contributed by atoms with Crippen LogP contribution in [0.5, 0.6) is 0 Å². The number of carbonyl (C=O) groups is 2. The molecule has 0 spiro atoms. The third-order valence-electron chi connectivity index (χ3n) is 3.65. The molecule has 2 amide bonds. The minimum absolute atomic E-state index is 0.108. The Labute approximate surface area is 147 Å². The van der Waals surface area contributed by atoms with Crippen molar-refractivity contribution in [3.05, 3.63) is 65.7 Å². The van der Waals surface area contributed by atoms with E-state index in [2.05, 4.69) is 10.6 Å². The molecule has 1 unspecified atom stereocenters. The molecule has 0 aliphatic carbocycles. The summed E-state index contributed by atoms with van der Waals surface area (Å²) in [5, 5.41) is 5.55. The van der Waals surface area contributed by atoms with Crippen molar-refractivity contribution < 1.29 is 14.3 Å². The number of rotatable bonds is 8. The van der Waals surface area contributed by atoms with E-state index in [0.717, 1.165) is 12.0 Å². The molecule has 0 heterocycles. The Balaban J connectivity index is 1.96. The molecular formula is C19H23N3O3. The zero-order valence-corrected chi connectivity index (χ0v) is 14.2. The lowest BCUT2D eigenvalue weighted by Gasteiger charge is -2.14. The fourth-order valence-electron chi connectivity index (χ4n) is 2.33. The Hall–Kier alpha value is -2.70. The van der Waals surface area contributed by atoms with Gasteiger partial charge < -0.3 is 21.1 Å². The number of amides is 2. The van der Waals surface area contributed by atoms with Crippen LogP contribution in [0.25, 0.3) is 0 Å². The van der Waals surface area contributed by atoms with Crippen LogP contribution < -0.4 is 16.4 Å². The highest BCUT2D eigenvalue weighted by atomic mass is 16.5. The summed E-state index contributed by atoms with van der Waals surface area (Å²) in [6, 6.07) is 15.9. The van der Waals surface area contributed by atoms with Gasteiger partial charge in [0.15, 0.2) is 0 Å². The van der Waals surface area contributed by atoms with Crippen LogP contribution in [-0.2, 0) is 16.0 Å². The van der Waals surface area contributed by atoms with Crippen LogP contribution in [0.2, 0.25) is 0 Å². The zero-order valence-electron chi connectivity index (χ0n) is 14.2. The number of hydrogen-bond acceptors (Lipinski definition) is 4. The molecule has 1 atom stereocenters. The molecule has 0 fully saturated rings. The summed E-state index contributed by atoms with van der Waals surface area (Å²) in [4.78, 5) is 24.4. The second-order valence-corrected chi connectivity index (χ2v) is 5.59. The van der Waals surface area contributed by atoms with Crippen LogP contribution in [-0.4, -0.2) is 38.1 Å². The molecule has 0 radical (unpaired) electrons. The van der Waals surface area contributed by atoms with Crippen molar-refractivity contribution in [2.24, 2.45) is 5.73 Å². The molecule has 0 saturated heterocycles. The van der Waals surface area contributed by atoms with Crippen LogP contribution in [0.4, 0.5) is 5.69 Å². The zero-order chi connectivity index (χ0) is 18.1. The molecule has 0 aliphatic heterocycles. The first kappa shape index (κ1) is 18.6. The highest BCUT2D eigenvalue weighted by Crippen LogP contribution is 2.15. The lowest BCUT2D eigenvalue weighted by atomic mass is 10.1. The fraction of sp³-hybridized carbons (Fsp3) is 0.263. The summed E-state index contributed by atoms with van der Waals surface area (Å²) in [6.07, 6.45) is 0.736. The van der Waals surface area contributed by atoms with Crippen molar-refractivity contribution in [2.75, 3.05) is 25.6 Å². The van der Waals surface area contributed by atoms with Gasteiger partial charge in [0.2, 0.25) is 5.91 Å². The Morgan fingerprint density at radius 1 is 1.08 bits per heavy atom. The summed E-state index contributed by atoms with van der Waals surface area (Å²) in [6.45, 7) is 0.617. The lowest BCUT2D eigenvalue weighted by Crippen LogP contribution is -2.39. The van der Waals surface area contributed by atoms with Crippen molar-refractivity contribution in [3.8, 4) is 0 Å².